The summed E-state index contributed by atoms with van der Waals surface area (Å²) < 4.78 is 26.3. The summed E-state index contributed by atoms with van der Waals surface area (Å²) in [7, 11) is 0. The molecule has 1 aliphatic heterocycles. The van der Waals surface area contributed by atoms with E-state index in [4.69, 9.17) is 11.6 Å². The van der Waals surface area contributed by atoms with Gasteiger partial charge in [0.05, 0.1) is 6.04 Å². The lowest BCUT2D eigenvalue weighted by atomic mass is 10.0. The Morgan fingerprint density at radius 1 is 1.11 bits per heavy atom. The highest BCUT2D eigenvalue weighted by molar-refractivity contribution is 6.30. The summed E-state index contributed by atoms with van der Waals surface area (Å²) >= 11 is 6.06. The van der Waals surface area contributed by atoms with Crippen molar-refractivity contribution in [3.63, 3.8) is 0 Å². The van der Waals surface area contributed by atoms with E-state index in [0.29, 0.717) is 24.7 Å². The summed E-state index contributed by atoms with van der Waals surface area (Å²) in [4.78, 5) is 26.6. The predicted molar refractivity (Wildman–Crippen MR) is 106 cm³/mol. The number of piperazine rings is 1. The summed E-state index contributed by atoms with van der Waals surface area (Å²) in [6.07, 6.45) is -0.0506. The number of nitrogens with zero attached hydrogens (tertiary/aromatic N) is 1. The third-order valence-electron chi connectivity index (χ3n) is 4.60. The number of carbonyl (C=O) groups is 2. The molecule has 28 heavy (non-hydrogen) atoms. The quantitative estimate of drug-likeness (QED) is 0.726. The number of hydrogen-bond donors (Lipinski definition) is 1. The molecule has 1 saturated heterocycles. The highest BCUT2D eigenvalue weighted by Gasteiger charge is 2.28. The van der Waals surface area contributed by atoms with E-state index in [1.165, 1.54) is 6.07 Å². The molecule has 1 unspecified atom stereocenters. The van der Waals surface area contributed by atoms with Crippen LogP contribution in [-0.4, -0.2) is 36.2 Å². The molecule has 1 aliphatic rings. The first-order valence-electron chi connectivity index (χ1n) is 8.69. The largest absolute Gasteiger partial charge is 0.333 e. The Morgan fingerprint density at radius 2 is 1.89 bits per heavy atom. The van der Waals surface area contributed by atoms with Gasteiger partial charge in [-0.1, -0.05) is 23.7 Å². The summed E-state index contributed by atoms with van der Waals surface area (Å²) in [6.45, 7) is 1.79. The molecule has 2 aromatic carbocycles. The molecule has 0 spiro atoms. The second-order valence-electron chi connectivity index (χ2n) is 6.41. The topological polar surface area (TPSA) is 49.4 Å². The Labute approximate surface area is 173 Å². The van der Waals surface area contributed by atoms with Crippen LogP contribution in [0.1, 0.15) is 34.8 Å². The van der Waals surface area contributed by atoms with E-state index in [-0.39, 0.29) is 42.8 Å². The van der Waals surface area contributed by atoms with Crippen LogP contribution in [0.4, 0.5) is 8.78 Å². The predicted octanol–water partition coefficient (Wildman–Crippen LogP) is 4.18. The van der Waals surface area contributed by atoms with Gasteiger partial charge in [0.2, 0.25) is 5.91 Å². The number of benzene rings is 2. The lowest BCUT2D eigenvalue weighted by Crippen LogP contribution is -2.48. The van der Waals surface area contributed by atoms with Crippen molar-refractivity contribution in [2.24, 2.45) is 0 Å². The van der Waals surface area contributed by atoms with E-state index in [9.17, 15) is 18.4 Å². The summed E-state index contributed by atoms with van der Waals surface area (Å²) in [5.41, 5.74) is 0.989. The van der Waals surface area contributed by atoms with Crippen LogP contribution in [0.5, 0.6) is 0 Å². The van der Waals surface area contributed by atoms with Crippen molar-refractivity contribution in [1.29, 1.82) is 0 Å². The van der Waals surface area contributed by atoms with Crippen molar-refractivity contribution in [3.05, 3.63) is 70.2 Å². The number of ketones is 1. The highest BCUT2D eigenvalue weighted by atomic mass is 35.5. The zero-order valence-corrected chi connectivity index (χ0v) is 16.5. The molecule has 4 nitrogen and oxygen atoms in total. The Hall–Kier alpha value is -2.02. The molecular weight excluding hydrogens is 409 g/mol. The van der Waals surface area contributed by atoms with Crippen LogP contribution in [-0.2, 0) is 4.79 Å². The molecule has 0 aliphatic carbocycles. The summed E-state index contributed by atoms with van der Waals surface area (Å²) in [5.74, 6) is -2.63. The molecule has 0 aromatic heterocycles. The van der Waals surface area contributed by atoms with Crippen molar-refractivity contribution in [2.45, 2.75) is 18.9 Å². The van der Waals surface area contributed by atoms with Crippen molar-refractivity contribution in [1.82, 2.24) is 10.2 Å². The average molecular weight is 429 g/mol. The maximum absolute atomic E-state index is 13.3. The van der Waals surface area contributed by atoms with Gasteiger partial charge in [0, 0.05) is 43.1 Å². The third kappa shape index (κ3) is 5.28. The molecule has 8 heteroatoms. The number of nitrogens with one attached hydrogen (secondary N) is 1. The first-order valence-corrected chi connectivity index (χ1v) is 9.07. The first kappa shape index (κ1) is 22.3. The molecular formula is C20H20Cl2F2N2O2. The lowest BCUT2D eigenvalue weighted by Gasteiger charge is -2.36. The number of Topliss-reactive ketones (excluding diaryl/α,β-unsaturated/α-hetero) is 1. The number of rotatable bonds is 5. The van der Waals surface area contributed by atoms with E-state index >= 15 is 0 Å². The minimum absolute atomic E-state index is 0. The number of carbonyl (C=O) groups excluding carboxylic acids is 2. The Morgan fingerprint density at radius 3 is 2.61 bits per heavy atom. The number of amides is 1. The lowest BCUT2D eigenvalue weighted by molar-refractivity contribution is -0.134. The zero-order valence-electron chi connectivity index (χ0n) is 15.0. The van der Waals surface area contributed by atoms with Crippen LogP contribution in [0.15, 0.2) is 42.5 Å². The van der Waals surface area contributed by atoms with E-state index < -0.39 is 17.4 Å². The van der Waals surface area contributed by atoms with Gasteiger partial charge in [-0.05, 0) is 35.9 Å². The maximum atomic E-state index is 13.3. The third-order valence-corrected chi connectivity index (χ3v) is 4.84. The molecule has 2 aromatic rings. The van der Waals surface area contributed by atoms with Crippen LogP contribution >= 0.6 is 24.0 Å². The highest BCUT2D eigenvalue weighted by Crippen LogP contribution is 2.25. The van der Waals surface area contributed by atoms with Gasteiger partial charge in [0.15, 0.2) is 17.4 Å². The fourth-order valence-corrected chi connectivity index (χ4v) is 3.39. The average Bonchev–Trinajstić information content (AvgIpc) is 2.68. The minimum Gasteiger partial charge on any atom is -0.333 e. The normalized spacial score (nSPS) is 16.4. The van der Waals surface area contributed by atoms with Crippen LogP contribution in [0, 0.1) is 11.6 Å². The number of hydrogen-bond acceptors (Lipinski definition) is 3. The van der Waals surface area contributed by atoms with Crippen molar-refractivity contribution in [3.8, 4) is 0 Å². The van der Waals surface area contributed by atoms with Gasteiger partial charge in [-0.3, -0.25) is 9.59 Å². The molecule has 1 amide bonds. The van der Waals surface area contributed by atoms with E-state index in [1.54, 1.807) is 11.0 Å². The van der Waals surface area contributed by atoms with Crippen molar-refractivity contribution in [2.75, 3.05) is 19.6 Å². The van der Waals surface area contributed by atoms with Gasteiger partial charge >= 0.3 is 0 Å². The molecule has 1 N–H and O–H groups in total. The molecule has 1 atom stereocenters. The van der Waals surface area contributed by atoms with Crippen LogP contribution in [0.3, 0.4) is 0 Å². The van der Waals surface area contributed by atoms with Gasteiger partial charge in [-0.15, -0.1) is 12.4 Å². The standard InChI is InChI=1S/C20H19ClF2N2O2.ClH/c21-15-3-1-2-13(10-15)18-12-24-8-9-25(18)20(27)7-6-19(26)14-4-5-16(22)17(23)11-14;/h1-5,10-11,18,24H,6-9,12H2;1H. The van der Waals surface area contributed by atoms with Gasteiger partial charge in [0.25, 0.3) is 0 Å². The van der Waals surface area contributed by atoms with E-state index in [1.807, 2.05) is 18.2 Å². The van der Waals surface area contributed by atoms with Gasteiger partial charge in [-0.2, -0.15) is 0 Å². The second-order valence-corrected chi connectivity index (χ2v) is 6.85. The zero-order chi connectivity index (χ0) is 19.4. The molecule has 1 fully saturated rings. The maximum Gasteiger partial charge on any atom is 0.223 e. The van der Waals surface area contributed by atoms with Gasteiger partial charge in [-0.25, -0.2) is 8.78 Å². The van der Waals surface area contributed by atoms with Crippen LogP contribution < -0.4 is 5.32 Å². The summed E-state index contributed by atoms with van der Waals surface area (Å²) in [6, 6.07) is 10.2. The van der Waals surface area contributed by atoms with E-state index in [2.05, 4.69) is 5.32 Å². The Balaban J connectivity index is 0.00000280. The molecule has 3 rings (SSSR count). The SMILES string of the molecule is Cl.O=C(CCC(=O)N1CCNCC1c1cccc(Cl)c1)c1ccc(F)c(F)c1. The van der Waals surface area contributed by atoms with Crippen LogP contribution in [0.2, 0.25) is 5.02 Å². The smallest absolute Gasteiger partial charge is 0.223 e. The Bertz CT molecular complexity index is 864. The minimum atomic E-state index is -1.07. The molecule has 0 bridgehead atoms. The van der Waals surface area contributed by atoms with Crippen molar-refractivity contribution >= 4 is 35.7 Å². The second kappa shape index (κ2) is 9.96. The monoisotopic (exact) mass is 428 g/mol. The number of halogens is 4. The fraction of sp³-hybridized carbons (Fsp3) is 0.300. The van der Waals surface area contributed by atoms with Crippen molar-refractivity contribution < 1.29 is 18.4 Å². The molecule has 150 valence electrons. The first-order chi connectivity index (χ1) is 13.0. The fourth-order valence-electron chi connectivity index (χ4n) is 3.19. The Kier molecular flexibility index (Phi) is 7.92. The summed E-state index contributed by atoms with van der Waals surface area (Å²) in [5, 5.41) is 3.86. The molecule has 1 heterocycles. The van der Waals surface area contributed by atoms with Gasteiger partial charge < -0.3 is 10.2 Å². The van der Waals surface area contributed by atoms with E-state index in [0.717, 1.165) is 17.7 Å². The van der Waals surface area contributed by atoms with Gasteiger partial charge in [0.1, 0.15) is 0 Å². The molecule has 0 radical (unpaired) electrons. The molecule has 0 saturated carbocycles. The van der Waals surface area contributed by atoms with Crippen LogP contribution in [0.25, 0.3) is 0 Å².